The third kappa shape index (κ3) is 2.23. The minimum atomic E-state index is -0.337. The van der Waals surface area contributed by atoms with Gasteiger partial charge in [-0.25, -0.2) is 14.5 Å². The first kappa shape index (κ1) is 13.3. The molecule has 0 aliphatic carbocycles. The Hall–Kier alpha value is -1.73. The van der Waals surface area contributed by atoms with Crippen LogP contribution in [-0.2, 0) is 13.1 Å². The van der Waals surface area contributed by atoms with Gasteiger partial charge in [-0.05, 0) is 13.0 Å². The monoisotopic (exact) mass is 311 g/mol. The maximum Gasteiger partial charge on any atom is 0.357 e. The first-order chi connectivity index (χ1) is 9.56. The number of hydrogen-bond acceptors (Lipinski definition) is 5. The molecular weight excluding hydrogens is 300 g/mol. The maximum atomic E-state index is 11.2. The number of nitro groups is 1. The van der Waals surface area contributed by atoms with E-state index >= 15 is 0 Å². The highest BCUT2D eigenvalue weighted by Gasteiger charge is 2.41. The summed E-state index contributed by atoms with van der Waals surface area (Å²) in [5, 5.41) is 11.2. The van der Waals surface area contributed by atoms with Crippen LogP contribution in [0.3, 0.4) is 0 Å². The summed E-state index contributed by atoms with van der Waals surface area (Å²) < 4.78 is 2.41. The predicted octanol–water partition coefficient (Wildman–Crippen LogP) is 2.40. The van der Waals surface area contributed by atoms with Crippen LogP contribution < -0.4 is 9.47 Å². The highest BCUT2D eigenvalue weighted by atomic mass is 35.5. The van der Waals surface area contributed by atoms with Gasteiger partial charge in [0.2, 0.25) is 0 Å². The zero-order chi connectivity index (χ0) is 14.3. The highest BCUT2D eigenvalue weighted by Crippen LogP contribution is 2.32. The van der Waals surface area contributed by atoms with Crippen LogP contribution in [-0.4, -0.2) is 15.9 Å². The molecule has 0 bridgehead atoms. The van der Waals surface area contributed by atoms with Crippen molar-refractivity contribution in [2.24, 2.45) is 0 Å². The van der Waals surface area contributed by atoms with Gasteiger partial charge >= 0.3 is 11.5 Å². The van der Waals surface area contributed by atoms with E-state index in [-0.39, 0.29) is 16.7 Å². The molecule has 0 N–H and O–H groups in total. The van der Waals surface area contributed by atoms with Gasteiger partial charge in [-0.2, -0.15) is 0 Å². The van der Waals surface area contributed by atoms with E-state index < -0.39 is 0 Å². The SMILES string of the molecule is C[C@H]1C[n+]2cccc([N+](=O)[O-])c2N1Cc1cnc(Cl)s1. The molecule has 3 heterocycles. The fourth-order valence-electron chi connectivity index (χ4n) is 2.48. The van der Waals surface area contributed by atoms with Gasteiger partial charge in [0.1, 0.15) is 19.1 Å². The molecule has 0 saturated heterocycles. The van der Waals surface area contributed by atoms with E-state index in [9.17, 15) is 10.1 Å². The van der Waals surface area contributed by atoms with Gasteiger partial charge in [-0.1, -0.05) is 11.6 Å². The van der Waals surface area contributed by atoms with Crippen LogP contribution in [0.25, 0.3) is 0 Å². The summed E-state index contributed by atoms with van der Waals surface area (Å²) in [4.78, 5) is 17.9. The Kier molecular flexibility index (Phi) is 3.31. The lowest BCUT2D eigenvalue weighted by atomic mass is 10.3. The lowest BCUT2D eigenvalue weighted by molar-refractivity contribution is -0.675. The average molecular weight is 312 g/mol. The number of rotatable bonds is 3. The molecule has 1 aliphatic rings. The summed E-state index contributed by atoms with van der Waals surface area (Å²) in [6.45, 7) is 3.37. The Morgan fingerprint density at radius 2 is 2.50 bits per heavy atom. The first-order valence-corrected chi connectivity index (χ1v) is 7.29. The molecule has 2 aromatic rings. The second kappa shape index (κ2) is 4.99. The van der Waals surface area contributed by atoms with Crippen LogP contribution in [0.2, 0.25) is 4.47 Å². The van der Waals surface area contributed by atoms with Crippen molar-refractivity contribution in [3.05, 3.63) is 44.0 Å². The van der Waals surface area contributed by atoms with Gasteiger partial charge in [0, 0.05) is 12.3 Å². The normalized spacial score (nSPS) is 17.3. The van der Waals surface area contributed by atoms with E-state index in [2.05, 4.69) is 11.9 Å². The van der Waals surface area contributed by atoms with Crippen molar-refractivity contribution in [3.8, 4) is 0 Å². The predicted molar refractivity (Wildman–Crippen MR) is 76.1 cm³/mol. The maximum absolute atomic E-state index is 11.2. The molecular formula is C12H12ClN4O2S+. The van der Waals surface area contributed by atoms with E-state index in [1.165, 1.54) is 17.4 Å². The van der Waals surface area contributed by atoms with Crippen molar-refractivity contribution in [1.82, 2.24) is 4.98 Å². The van der Waals surface area contributed by atoms with Gasteiger partial charge in [-0.3, -0.25) is 10.1 Å². The van der Waals surface area contributed by atoms with Crippen molar-refractivity contribution in [1.29, 1.82) is 0 Å². The van der Waals surface area contributed by atoms with E-state index in [1.54, 1.807) is 12.3 Å². The third-order valence-corrected chi connectivity index (χ3v) is 4.43. The Morgan fingerprint density at radius 1 is 1.70 bits per heavy atom. The van der Waals surface area contributed by atoms with Crippen molar-refractivity contribution >= 4 is 34.4 Å². The van der Waals surface area contributed by atoms with E-state index in [0.717, 1.165) is 11.4 Å². The van der Waals surface area contributed by atoms with E-state index in [0.29, 0.717) is 16.8 Å². The van der Waals surface area contributed by atoms with Gasteiger partial charge < -0.3 is 0 Å². The Morgan fingerprint density at radius 3 is 3.15 bits per heavy atom. The minimum absolute atomic E-state index is 0.132. The van der Waals surface area contributed by atoms with Crippen LogP contribution in [0.15, 0.2) is 24.5 Å². The van der Waals surface area contributed by atoms with Gasteiger partial charge in [0.05, 0.1) is 16.0 Å². The number of thiazole rings is 1. The van der Waals surface area contributed by atoms with Crippen LogP contribution >= 0.6 is 22.9 Å². The summed E-state index contributed by atoms with van der Waals surface area (Å²) in [6.07, 6.45) is 3.59. The number of hydrogen-bond donors (Lipinski definition) is 0. The number of halogens is 1. The van der Waals surface area contributed by atoms with Crippen LogP contribution in [0.4, 0.5) is 11.5 Å². The molecule has 8 heteroatoms. The molecule has 0 fully saturated rings. The fourth-order valence-corrected chi connectivity index (χ4v) is 3.46. The standard InChI is InChI=1S/C12H12ClN4O2S/c1-8-6-15-4-2-3-10(17(18)19)11(15)16(8)7-9-5-14-12(13)20-9/h2-5,8H,6-7H2,1H3/q+1/t8-/m0/s1. The summed E-state index contributed by atoms with van der Waals surface area (Å²) in [5.41, 5.74) is 0.132. The fraction of sp³-hybridized carbons (Fsp3) is 0.333. The molecule has 0 radical (unpaired) electrons. The van der Waals surface area contributed by atoms with Gasteiger partial charge in [0.15, 0.2) is 4.47 Å². The van der Waals surface area contributed by atoms with Crippen molar-refractivity contribution < 1.29 is 9.49 Å². The van der Waals surface area contributed by atoms with E-state index in [1.807, 2.05) is 15.7 Å². The lowest BCUT2D eigenvalue weighted by Crippen LogP contribution is -2.31. The summed E-state index contributed by atoms with van der Waals surface area (Å²) in [7, 11) is 0. The quantitative estimate of drug-likeness (QED) is 0.496. The molecule has 1 atom stereocenters. The first-order valence-electron chi connectivity index (χ1n) is 6.10. The van der Waals surface area contributed by atoms with Crippen LogP contribution in [0.5, 0.6) is 0 Å². The molecule has 0 amide bonds. The third-order valence-electron chi connectivity index (χ3n) is 3.33. The number of pyridine rings is 1. The average Bonchev–Trinajstić information content (AvgIpc) is 2.94. The summed E-state index contributed by atoms with van der Waals surface area (Å²) in [6, 6.07) is 3.44. The smallest absolute Gasteiger partial charge is 0.258 e. The van der Waals surface area contributed by atoms with Crippen LogP contribution in [0, 0.1) is 10.1 Å². The molecule has 104 valence electrons. The van der Waals surface area contributed by atoms with Crippen molar-refractivity contribution in [2.75, 3.05) is 4.90 Å². The zero-order valence-corrected chi connectivity index (χ0v) is 12.3. The molecule has 0 unspecified atom stereocenters. The Balaban J connectivity index is 2.00. The lowest BCUT2D eigenvalue weighted by Gasteiger charge is -2.13. The Bertz CT molecular complexity index is 675. The van der Waals surface area contributed by atoms with Crippen molar-refractivity contribution in [3.63, 3.8) is 0 Å². The van der Waals surface area contributed by atoms with Gasteiger partial charge in [0.25, 0.3) is 0 Å². The number of anilines is 1. The second-order valence-corrected chi connectivity index (χ2v) is 6.38. The van der Waals surface area contributed by atoms with Crippen LogP contribution in [0.1, 0.15) is 11.8 Å². The molecule has 2 aromatic heterocycles. The topological polar surface area (TPSA) is 63.1 Å². The summed E-state index contributed by atoms with van der Waals surface area (Å²) >= 11 is 7.24. The van der Waals surface area contributed by atoms with E-state index in [4.69, 9.17) is 11.6 Å². The Labute approximate surface area is 124 Å². The highest BCUT2D eigenvalue weighted by molar-refractivity contribution is 7.15. The molecule has 3 rings (SSSR count). The molecule has 0 aromatic carbocycles. The number of fused-ring (bicyclic) bond motifs is 1. The molecule has 0 saturated carbocycles. The summed E-state index contributed by atoms with van der Waals surface area (Å²) in [5.74, 6) is 0.648. The molecule has 1 aliphatic heterocycles. The van der Waals surface area contributed by atoms with Gasteiger partial charge in [-0.15, -0.1) is 11.3 Å². The zero-order valence-electron chi connectivity index (χ0n) is 10.7. The molecule has 20 heavy (non-hydrogen) atoms. The minimum Gasteiger partial charge on any atom is -0.258 e. The molecule has 6 nitrogen and oxygen atoms in total. The molecule has 0 spiro atoms. The number of aromatic nitrogens is 2. The number of nitrogens with zero attached hydrogens (tertiary/aromatic N) is 4. The second-order valence-electron chi connectivity index (χ2n) is 4.68. The van der Waals surface area contributed by atoms with Crippen molar-refractivity contribution in [2.45, 2.75) is 26.1 Å². The largest absolute Gasteiger partial charge is 0.357 e.